The number of alkyl halides is 1. The standard InChI is InChI=1S/C11H14ClNO/c1-8-5-3-4-6-10(8)13-11(14)9(2)7-12/h3-6,9H,7H2,1-2H3,(H,13,14). The largest absolute Gasteiger partial charge is 0.326 e. The van der Waals surface area contributed by atoms with Crippen molar-refractivity contribution in [1.82, 2.24) is 0 Å². The van der Waals surface area contributed by atoms with Crippen molar-refractivity contribution in [2.45, 2.75) is 13.8 Å². The van der Waals surface area contributed by atoms with Gasteiger partial charge >= 0.3 is 0 Å². The molecule has 0 aromatic heterocycles. The van der Waals surface area contributed by atoms with E-state index in [4.69, 9.17) is 11.6 Å². The highest BCUT2D eigenvalue weighted by Gasteiger charge is 2.11. The van der Waals surface area contributed by atoms with Crippen molar-refractivity contribution in [3.05, 3.63) is 29.8 Å². The number of amides is 1. The molecule has 3 heteroatoms. The number of carbonyl (C=O) groups excluding carboxylic acids is 1. The number of hydrogen-bond acceptors (Lipinski definition) is 1. The van der Waals surface area contributed by atoms with E-state index in [-0.39, 0.29) is 11.8 Å². The third kappa shape index (κ3) is 2.74. The average Bonchev–Trinajstić information content (AvgIpc) is 2.20. The Morgan fingerprint density at radius 2 is 2.14 bits per heavy atom. The Morgan fingerprint density at radius 1 is 1.50 bits per heavy atom. The summed E-state index contributed by atoms with van der Waals surface area (Å²) in [5, 5.41) is 2.84. The van der Waals surface area contributed by atoms with E-state index in [0.29, 0.717) is 5.88 Å². The van der Waals surface area contributed by atoms with Gasteiger partial charge in [0.2, 0.25) is 5.91 Å². The van der Waals surface area contributed by atoms with Crippen LogP contribution in [0.4, 0.5) is 5.69 Å². The molecule has 1 atom stereocenters. The van der Waals surface area contributed by atoms with Crippen molar-refractivity contribution in [2.24, 2.45) is 5.92 Å². The molecule has 0 saturated carbocycles. The number of aryl methyl sites for hydroxylation is 1. The van der Waals surface area contributed by atoms with Gasteiger partial charge in [0.25, 0.3) is 0 Å². The minimum atomic E-state index is -0.156. The van der Waals surface area contributed by atoms with Crippen LogP contribution in [-0.4, -0.2) is 11.8 Å². The zero-order valence-electron chi connectivity index (χ0n) is 8.38. The van der Waals surface area contributed by atoms with E-state index in [2.05, 4.69) is 5.32 Å². The summed E-state index contributed by atoms with van der Waals surface area (Å²) in [6.07, 6.45) is 0. The molecule has 2 nitrogen and oxygen atoms in total. The quantitative estimate of drug-likeness (QED) is 0.766. The molecule has 1 amide bonds. The molecule has 0 bridgehead atoms. The molecular weight excluding hydrogens is 198 g/mol. The second-order valence-electron chi connectivity index (χ2n) is 3.36. The maximum atomic E-state index is 11.5. The minimum Gasteiger partial charge on any atom is -0.326 e. The first-order valence-electron chi connectivity index (χ1n) is 4.57. The fraction of sp³-hybridized carbons (Fsp3) is 0.364. The van der Waals surface area contributed by atoms with Crippen LogP contribution in [0.1, 0.15) is 12.5 Å². The van der Waals surface area contributed by atoms with Gasteiger partial charge in [0.1, 0.15) is 0 Å². The van der Waals surface area contributed by atoms with Crippen LogP contribution in [-0.2, 0) is 4.79 Å². The lowest BCUT2D eigenvalue weighted by atomic mass is 10.1. The highest BCUT2D eigenvalue weighted by molar-refractivity contribution is 6.19. The van der Waals surface area contributed by atoms with Crippen molar-refractivity contribution in [3.63, 3.8) is 0 Å². The van der Waals surface area contributed by atoms with Crippen molar-refractivity contribution in [3.8, 4) is 0 Å². The fourth-order valence-electron chi connectivity index (χ4n) is 1.04. The van der Waals surface area contributed by atoms with E-state index in [0.717, 1.165) is 11.3 Å². The number of nitrogens with one attached hydrogen (secondary N) is 1. The summed E-state index contributed by atoms with van der Waals surface area (Å²) in [4.78, 5) is 11.5. The smallest absolute Gasteiger partial charge is 0.228 e. The third-order valence-corrected chi connectivity index (χ3v) is 2.54. The monoisotopic (exact) mass is 211 g/mol. The summed E-state index contributed by atoms with van der Waals surface area (Å²) in [6, 6.07) is 7.68. The Labute approximate surface area is 89.3 Å². The summed E-state index contributed by atoms with van der Waals surface area (Å²) in [7, 11) is 0. The van der Waals surface area contributed by atoms with Crippen LogP contribution in [0.5, 0.6) is 0 Å². The highest BCUT2D eigenvalue weighted by Crippen LogP contribution is 2.14. The van der Waals surface area contributed by atoms with Gasteiger partial charge in [-0.25, -0.2) is 0 Å². The fourth-order valence-corrected chi connectivity index (χ4v) is 1.18. The second kappa shape index (κ2) is 5.01. The molecule has 1 N–H and O–H groups in total. The SMILES string of the molecule is Cc1ccccc1NC(=O)C(C)CCl. The van der Waals surface area contributed by atoms with E-state index in [1.165, 1.54) is 0 Å². The van der Waals surface area contributed by atoms with Gasteiger partial charge in [-0.15, -0.1) is 11.6 Å². The van der Waals surface area contributed by atoms with Crippen LogP contribution in [0, 0.1) is 12.8 Å². The predicted molar refractivity (Wildman–Crippen MR) is 59.7 cm³/mol. The Kier molecular flexibility index (Phi) is 3.96. The average molecular weight is 212 g/mol. The molecule has 0 aliphatic rings. The molecule has 0 heterocycles. The maximum absolute atomic E-state index is 11.5. The topological polar surface area (TPSA) is 29.1 Å². The van der Waals surface area contributed by atoms with E-state index in [9.17, 15) is 4.79 Å². The number of hydrogen-bond donors (Lipinski definition) is 1. The van der Waals surface area contributed by atoms with Gasteiger partial charge in [-0.05, 0) is 18.6 Å². The molecule has 0 radical (unpaired) electrons. The molecule has 76 valence electrons. The van der Waals surface area contributed by atoms with Crippen LogP contribution in [0.15, 0.2) is 24.3 Å². The Hall–Kier alpha value is -1.02. The van der Waals surface area contributed by atoms with Crippen molar-refractivity contribution in [1.29, 1.82) is 0 Å². The Bertz CT molecular complexity index is 325. The number of benzene rings is 1. The molecule has 14 heavy (non-hydrogen) atoms. The van der Waals surface area contributed by atoms with Gasteiger partial charge < -0.3 is 5.32 Å². The molecule has 1 aromatic carbocycles. The summed E-state index contributed by atoms with van der Waals surface area (Å²) < 4.78 is 0. The van der Waals surface area contributed by atoms with Crippen LogP contribution < -0.4 is 5.32 Å². The number of carbonyl (C=O) groups is 1. The van der Waals surface area contributed by atoms with Crippen LogP contribution in [0.2, 0.25) is 0 Å². The first-order valence-corrected chi connectivity index (χ1v) is 5.11. The lowest BCUT2D eigenvalue weighted by Crippen LogP contribution is -2.21. The third-order valence-electron chi connectivity index (χ3n) is 2.08. The van der Waals surface area contributed by atoms with Gasteiger partial charge in [-0.3, -0.25) is 4.79 Å². The van der Waals surface area contributed by atoms with Gasteiger partial charge in [0.05, 0.1) is 0 Å². The number of halogens is 1. The molecule has 0 fully saturated rings. The van der Waals surface area contributed by atoms with E-state index in [1.54, 1.807) is 6.92 Å². The van der Waals surface area contributed by atoms with Gasteiger partial charge in [-0.2, -0.15) is 0 Å². The van der Waals surface area contributed by atoms with Crippen LogP contribution >= 0.6 is 11.6 Å². The van der Waals surface area contributed by atoms with E-state index in [1.807, 2.05) is 31.2 Å². The number of para-hydroxylation sites is 1. The van der Waals surface area contributed by atoms with E-state index >= 15 is 0 Å². The van der Waals surface area contributed by atoms with Crippen molar-refractivity contribution >= 4 is 23.2 Å². The summed E-state index contributed by atoms with van der Waals surface area (Å²) in [5.41, 5.74) is 1.91. The maximum Gasteiger partial charge on any atom is 0.228 e. The normalized spacial score (nSPS) is 12.2. The van der Waals surface area contributed by atoms with Crippen LogP contribution in [0.25, 0.3) is 0 Å². The molecule has 0 aliphatic carbocycles. The predicted octanol–water partition coefficient (Wildman–Crippen LogP) is 2.81. The van der Waals surface area contributed by atoms with Crippen molar-refractivity contribution in [2.75, 3.05) is 11.2 Å². The number of rotatable bonds is 3. The Morgan fingerprint density at radius 3 is 2.71 bits per heavy atom. The zero-order chi connectivity index (χ0) is 10.6. The number of anilines is 1. The summed E-state index contributed by atoms with van der Waals surface area (Å²) >= 11 is 5.59. The lowest BCUT2D eigenvalue weighted by Gasteiger charge is -2.10. The van der Waals surface area contributed by atoms with E-state index < -0.39 is 0 Å². The molecule has 0 spiro atoms. The summed E-state index contributed by atoms with van der Waals surface area (Å²) in [5.74, 6) is 0.156. The second-order valence-corrected chi connectivity index (χ2v) is 3.67. The highest BCUT2D eigenvalue weighted by atomic mass is 35.5. The first kappa shape index (κ1) is 11.1. The molecule has 0 aliphatic heterocycles. The molecule has 1 aromatic rings. The van der Waals surface area contributed by atoms with Gasteiger partial charge in [-0.1, -0.05) is 25.1 Å². The first-order chi connectivity index (χ1) is 6.65. The van der Waals surface area contributed by atoms with Crippen molar-refractivity contribution < 1.29 is 4.79 Å². The minimum absolute atomic E-state index is 0.0331. The zero-order valence-corrected chi connectivity index (χ0v) is 9.14. The Balaban J connectivity index is 2.70. The lowest BCUT2D eigenvalue weighted by molar-refractivity contribution is -0.118. The molecule has 1 rings (SSSR count). The van der Waals surface area contributed by atoms with Gasteiger partial charge in [0, 0.05) is 17.5 Å². The molecule has 0 saturated heterocycles. The molecule has 1 unspecified atom stereocenters. The van der Waals surface area contributed by atoms with Crippen LogP contribution in [0.3, 0.4) is 0 Å². The summed E-state index contributed by atoms with van der Waals surface area (Å²) in [6.45, 7) is 3.77. The van der Waals surface area contributed by atoms with Gasteiger partial charge in [0.15, 0.2) is 0 Å². The molecular formula is C11H14ClNO.